The van der Waals surface area contributed by atoms with Crippen molar-refractivity contribution in [3.8, 4) is 0 Å². The minimum absolute atomic E-state index is 0.402. The number of rotatable bonds is 6. The molecule has 0 atom stereocenters. The summed E-state index contributed by atoms with van der Waals surface area (Å²) in [6, 6.07) is 2.94. The summed E-state index contributed by atoms with van der Waals surface area (Å²) in [6.45, 7) is 9.84. The van der Waals surface area contributed by atoms with Gasteiger partial charge >= 0.3 is 0 Å². The molecule has 0 fully saturated rings. The molecule has 1 N–H and O–H groups in total. The third-order valence-electron chi connectivity index (χ3n) is 2.45. The van der Waals surface area contributed by atoms with Gasteiger partial charge in [0.05, 0.1) is 5.69 Å². The van der Waals surface area contributed by atoms with E-state index in [9.17, 15) is 0 Å². The highest BCUT2D eigenvalue weighted by atomic mass is 28.3. The van der Waals surface area contributed by atoms with Gasteiger partial charge in [-0.05, 0) is 19.0 Å². The van der Waals surface area contributed by atoms with E-state index in [1.54, 1.807) is 23.9 Å². The average molecular weight is 255 g/mol. The molecule has 1 aromatic heterocycles. The molecule has 6 heteroatoms. The first-order chi connectivity index (χ1) is 7.94. The number of ether oxygens (including phenoxy) is 1. The number of aromatic nitrogens is 2. The van der Waals surface area contributed by atoms with E-state index in [0.29, 0.717) is 12.4 Å². The van der Waals surface area contributed by atoms with Gasteiger partial charge in [0.15, 0.2) is 0 Å². The van der Waals surface area contributed by atoms with Gasteiger partial charge in [-0.2, -0.15) is 5.10 Å². The van der Waals surface area contributed by atoms with Gasteiger partial charge in [-0.25, -0.2) is 4.68 Å². The van der Waals surface area contributed by atoms with E-state index in [1.165, 1.54) is 0 Å². The first kappa shape index (κ1) is 13.9. The lowest BCUT2D eigenvalue weighted by molar-refractivity contribution is 0.0781. The number of nitrogens with zero attached hydrogens (tertiary/aromatic N) is 3. The van der Waals surface area contributed by atoms with E-state index in [-0.39, 0.29) is 0 Å². The van der Waals surface area contributed by atoms with Gasteiger partial charge in [0.25, 0.3) is 0 Å². The Hall–Kier alpha value is -1.14. The zero-order chi connectivity index (χ0) is 12.9. The molecule has 0 radical (unpaired) electrons. The molecule has 0 saturated heterocycles. The SMILES string of the molecule is CC(=NO)c1ccnn1COCC[Si](C)(C)C. The molecule has 0 amide bonds. The molecule has 0 saturated carbocycles. The highest BCUT2D eigenvalue weighted by Crippen LogP contribution is 2.08. The Labute approximate surface area is 103 Å². The Bertz CT molecular complexity index is 382. The topological polar surface area (TPSA) is 59.6 Å². The lowest BCUT2D eigenvalue weighted by Gasteiger charge is -2.15. The monoisotopic (exact) mass is 255 g/mol. The molecule has 0 aliphatic rings. The minimum Gasteiger partial charge on any atom is -0.411 e. The molecule has 0 aromatic carbocycles. The second-order valence-corrected chi connectivity index (χ2v) is 10.9. The van der Waals surface area contributed by atoms with Gasteiger partial charge in [0.2, 0.25) is 0 Å². The van der Waals surface area contributed by atoms with Crippen LogP contribution in [0.5, 0.6) is 0 Å². The molecule has 5 nitrogen and oxygen atoms in total. The summed E-state index contributed by atoms with van der Waals surface area (Å²) in [6.07, 6.45) is 1.67. The first-order valence-corrected chi connectivity index (χ1v) is 9.43. The fourth-order valence-electron chi connectivity index (χ4n) is 1.32. The van der Waals surface area contributed by atoms with Crippen LogP contribution in [0.2, 0.25) is 25.7 Å². The number of hydrogen-bond donors (Lipinski definition) is 1. The lowest BCUT2D eigenvalue weighted by atomic mass is 10.3. The smallest absolute Gasteiger partial charge is 0.140 e. The summed E-state index contributed by atoms with van der Waals surface area (Å²) in [4.78, 5) is 0. The van der Waals surface area contributed by atoms with E-state index >= 15 is 0 Å². The maximum Gasteiger partial charge on any atom is 0.140 e. The summed E-state index contributed by atoms with van der Waals surface area (Å²) >= 11 is 0. The quantitative estimate of drug-likeness (QED) is 0.279. The van der Waals surface area contributed by atoms with Crippen molar-refractivity contribution in [1.29, 1.82) is 0 Å². The molecule has 1 heterocycles. The van der Waals surface area contributed by atoms with E-state index < -0.39 is 8.07 Å². The largest absolute Gasteiger partial charge is 0.411 e. The van der Waals surface area contributed by atoms with Crippen LogP contribution in [0, 0.1) is 0 Å². The third-order valence-corrected chi connectivity index (χ3v) is 4.15. The lowest BCUT2D eigenvalue weighted by Crippen LogP contribution is -2.22. The Morgan fingerprint density at radius 2 is 2.24 bits per heavy atom. The molecule has 0 spiro atoms. The molecular formula is C11H21N3O2Si. The Morgan fingerprint density at radius 3 is 2.82 bits per heavy atom. The zero-order valence-corrected chi connectivity index (χ0v) is 12.0. The van der Waals surface area contributed by atoms with Gasteiger partial charge in [0.1, 0.15) is 12.4 Å². The van der Waals surface area contributed by atoms with Crippen molar-refractivity contribution in [1.82, 2.24) is 9.78 Å². The maximum atomic E-state index is 8.72. The predicted octanol–water partition coefficient (Wildman–Crippen LogP) is 2.39. The summed E-state index contributed by atoms with van der Waals surface area (Å²) in [7, 11) is -1.04. The Balaban J connectivity index is 2.45. The van der Waals surface area contributed by atoms with Gasteiger partial charge < -0.3 is 9.94 Å². The van der Waals surface area contributed by atoms with E-state index in [0.717, 1.165) is 18.3 Å². The normalized spacial score (nSPS) is 13.1. The van der Waals surface area contributed by atoms with Gasteiger partial charge in [0, 0.05) is 20.9 Å². The van der Waals surface area contributed by atoms with Crippen molar-refractivity contribution >= 4 is 13.8 Å². The summed E-state index contributed by atoms with van der Waals surface area (Å²) in [5, 5.41) is 16.0. The van der Waals surface area contributed by atoms with E-state index in [1.807, 2.05) is 0 Å². The second kappa shape index (κ2) is 5.97. The molecule has 1 aromatic rings. The molecular weight excluding hydrogens is 234 g/mol. The Kier molecular flexibility index (Phi) is 4.89. The van der Waals surface area contributed by atoms with Gasteiger partial charge in [-0.1, -0.05) is 24.8 Å². The Morgan fingerprint density at radius 1 is 1.53 bits per heavy atom. The van der Waals surface area contributed by atoms with Crippen LogP contribution in [0.4, 0.5) is 0 Å². The fourth-order valence-corrected chi connectivity index (χ4v) is 2.08. The van der Waals surface area contributed by atoms with Crippen molar-refractivity contribution in [3.05, 3.63) is 18.0 Å². The summed E-state index contributed by atoms with van der Waals surface area (Å²) < 4.78 is 7.28. The van der Waals surface area contributed by atoms with Crippen molar-refractivity contribution < 1.29 is 9.94 Å². The highest BCUT2D eigenvalue weighted by molar-refractivity contribution is 6.76. The minimum atomic E-state index is -1.04. The van der Waals surface area contributed by atoms with Crippen molar-refractivity contribution in [2.45, 2.75) is 39.3 Å². The van der Waals surface area contributed by atoms with Crippen LogP contribution < -0.4 is 0 Å². The average Bonchev–Trinajstić information content (AvgIpc) is 2.70. The molecule has 0 unspecified atom stereocenters. The van der Waals surface area contributed by atoms with E-state index in [2.05, 4.69) is 29.9 Å². The van der Waals surface area contributed by atoms with Crippen molar-refractivity contribution in [3.63, 3.8) is 0 Å². The van der Waals surface area contributed by atoms with Gasteiger partial charge in [-0.15, -0.1) is 0 Å². The van der Waals surface area contributed by atoms with Gasteiger partial charge in [-0.3, -0.25) is 0 Å². The van der Waals surface area contributed by atoms with E-state index in [4.69, 9.17) is 9.94 Å². The standard InChI is InChI=1S/C11H21N3O2Si/c1-10(13-15)11-5-6-12-14(11)9-16-7-8-17(2,3)4/h5-6,15H,7-9H2,1-4H3. The van der Waals surface area contributed by atoms with Crippen LogP contribution in [-0.4, -0.2) is 35.4 Å². The van der Waals surface area contributed by atoms with Crippen molar-refractivity contribution in [2.75, 3.05) is 6.61 Å². The highest BCUT2D eigenvalue weighted by Gasteiger charge is 2.12. The second-order valence-electron chi connectivity index (χ2n) is 5.25. The van der Waals surface area contributed by atoms with Crippen LogP contribution in [0.1, 0.15) is 12.6 Å². The molecule has 0 bridgehead atoms. The van der Waals surface area contributed by atoms with Crippen molar-refractivity contribution in [2.24, 2.45) is 5.16 Å². The zero-order valence-electron chi connectivity index (χ0n) is 11.0. The molecule has 96 valence electrons. The number of oxime groups is 1. The van der Waals surface area contributed by atoms with Crippen LogP contribution in [0.15, 0.2) is 17.4 Å². The molecule has 17 heavy (non-hydrogen) atoms. The van der Waals surface area contributed by atoms with Crippen LogP contribution >= 0.6 is 0 Å². The molecule has 1 rings (SSSR count). The first-order valence-electron chi connectivity index (χ1n) is 5.72. The summed E-state index contributed by atoms with van der Waals surface area (Å²) in [5.41, 5.74) is 1.32. The summed E-state index contributed by atoms with van der Waals surface area (Å²) in [5.74, 6) is 0. The van der Waals surface area contributed by atoms with Crippen LogP contribution in [0.25, 0.3) is 0 Å². The fraction of sp³-hybridized carbons (Fsp3) is 0.636. The molecule has 0 aliphatic carbocycles. The van der Waals surface area contributed by atoms with Crippen LogP contribution in [0.3, 0.4) is 0 Å². The van der Waals surface area contributed by atoms with Crippen LogP contribution in [-0.2, 0) is 11.5 Å². The maximum absolute atomic E-state index is 8.72. The molecule has 0 aliphatic heterocycles. The third kappa shape index (κ3) is 4.70. The predicted molar refractivity (Wildman–Crippen MR) is 70.3 cm³/mol. The number of hydrogen-bond acceptors (Lipinski definition) is 4.